The molecule has 4 nitrogen and oxygen atoms in total. The first-order valence-electron chi connectivity index (χ1n) is 6.11. The largest absolute Gasteiger partial charge is 0.478 e. The summed E-state index contributed by atoms with van der Waals surface area (Å²) in [6.45, 7) is 6.16. The smallest absolute Gasteiger partial charge is 0.328 e. The van der Waals surface area contributed by atoms with Crippen LogP contribution in [0.25, 0.3) is 6.08 Å². The number of aliphatic carboxylic acids is 1. The maximum Gasteiger partial charge on any atom is 0.328 e. The van der Waals surface area contributed by atoms with Crippen LogP contribution in [0.1, 0.15) is 35.3 Å². The van der Waals surface area contributed by atoms with E-state index in [1.165, 1.54) is 17.4 Å². The first kappa shape index (κ1) is 15.4. The zero-order valence-electron chi connectivity index (χ0n) is 11.6. The molecule has 104 valence electrons. The van der Waals surface area contributed by atoms with E-state index in [4.69, 9.17) is 5.11 Å². The standard InChI is InChI=1S/C14H19NO3S/c1-9(2)10(3)15(4)14(18)12-7-5-11(19-12)6-8-13(16)17/h5-10H,1-4H3,(H,16,17). The summed E-state index contributed by atoms with van der Waals surface area (Å²) in [6.07, 6.45) is 2.57. The van der Waals surface area contributed by atoms with E-state index in [9.17, 15) is 9.59 Å². The molecule has 1 aromatic heterocycles. The van der Waals surface area contributed by atoms with Gasteiger partial charge in [-0.2, -0.15) is 0 Å². The third-order valence-electron chi connectivity index (χ3n) is 3.12. The number of thiophene rings is 1. The molecular weight excluding hydrogens is 262 g/mol. The molecule has 0 spiro atoms. The number of carboxylic acid groups (broad SMARTS) is 1. The molecule has 0 fully saturated rings. The normalized spacial score (nSPS) is 12.9. The van der Waals surface area contributed by atoms with Crippen molar-refractivity contribution in [2.45, 2.75) is 26.8 Å². The summed E-state index contributed by atoms with van der Waals surface area (Å²) in [4.78, 5) is 25.8. The highest BCUT2D eigenvalue weighted by Gasteiger charge is 2.20. The van der Waals surface area contributed by atoms with Gasteiger partial charge in [0.25, 0.3) is 5.91 Å². The summed E-state index contributed by atoms with van der Waals surface area (Å²) in [5.41, 5.74) is 0. The lowest BCUT2D eigenvalue weighted by Gasteiger charge is -2.27. The molecule has 0 aliphatic heterocycles. The fraction of sp³-hybridized carbons (Fsp3) is 0.429. The van der Waals surface area contributed by atoms with Gasteiger partial charge in [-0.3, -0.25) is 4.79 Å². The highest BCUT2D eigenvalue weighted by molar-refractivity contribution is 7.14. The average Bonchev–Trinajstić information content (AvgIpc) is 2.82. The van der Waals surface area contributed by atoms with Crippen LogP contribution in [0, 0.1) is 5.92 Å². The number of hydrogen-bond donors (Lipinski definition) is 1. The van der Waals surface area contributed by atoms with Gasteiger partial charge in [0.05, 0.1) is 4.88 Å². The second-order valence-corrected chi connectivity index (χ2v) is 5.89. The molecule has 1 rings (SSSR count). The summed E-state index contributed by atoms with van der Waals surface area (Å²) in [6, 6.07) is 3.65. The van der Waals surface area contributed by atoms with Gasteiger partial charge in [-0.05, 0) is 31.1 Å². The van der Waals surface area contributed by atoms with Crippen molar-refractivity contribution in [2.75, 3.05) is 7.05 Å². The van der Waals surface area contributed by atoms with E-state index in [1.807, 2.05) is 6.92 Å². The first-order chi connectivity index (χ1) is 8.82. The Kier molecular flexibility index (Phi) is 5.30. The molecule has 0 aliphatic rings. The van der Waals surface area contributed by atoms with Gasteiger partial charge in [-0.25, -0.2) is 4.79 Å². The summed E-state index contributed by atoms with van der Waals surface area (Å²) < 4.78 is 0. The minimum absolute atomic E-state index is 0.0267. The Morgan fingerprint density at radius 2 is 1.95 bits per heavy atom. The predicted octanol–water partition coefficient (Wildman–Crippen LogP) is 2.96. The number of hydrogen-bond acceptors (Lipinski definition) is 3. The van der Waals surface area contributed by atoms with Crippen molar-refractivity contribution < 1.29 is 14.7 Å². The summed E-state index contributed by atoms with van der Waals surface area (Å²) in [7, 11) is 1.79. The Hall–Kier alpha value is -1.62. The minimum Gasteiger partial charge on any atom is -0.478 e. The van der Waals surface area contributed by atoms with Crippen molar-refractivity contribution in [3.63, 3.8) is 0 Å². The zero-order valence-corrected chi connectivity index (χ0v) is 12.4. The second kappa shape index (κ2) is 6.52. The van der Waals surface area contributed by atoms with Gasteiger partial charge in [0, 0.05) is 24.0 Å². The van der Waals surface area contributed by atoms with Crippen LogP contribution in [0.15, 0.2) is 18.2 Å². The van der Waals surface area contributed by atoms with Crippen LogP contribution in [0.4, 0.5) is 0 Å². The lowest BCUT2D eigenvalue weighted by atomic mass is 10.1. The monoisotopic (exact) mass is 281 g/mol. The summed E-state index contributed by atoms with van der Waals surface area (Å²) in [5, 5.41) is 8.56. The molecule has 0 aromatic carbocycles. The van der Waals surface area contributed by atoms with Gasteiger partial charge in [0.2, 0.25) is 0 Å². The SMILES string of the molecule is CC(C)C(C)N(C)C(=O)c1ccc(C=CC(=O)O)s1. The number of nitrogens with zero attached hydrogens (tertiary/aromatic N) is 1. The van der Waals surface area contributed by atoms with Gasteiger partial charge < -0.3 is 10.0 Å². The Bertz CT molecular complexity index is 491. The van der Waals surface area contributed by atoms with E-state index in [1.54, 1.807) is 24.1 Å². The van der Waals surface area contributed by atoms with Crippen LogP contribution in [0.3, 0.4) is 0 Å². The molecule has 19 heavy (non-hydrogen) atoms. The first-order valence-corrected chi connectivity index (χ1v) is 6.92. The number of amides is 1. The van der Waals surface area contributed by atoms with Crippen molar-refractivity contribution in [2.24, 2.45) is 5.92 Å². The van der Waals surface area contributed by atoms with Crippen LogP contribution < -0.4 is 0 Å². The molecular formula is C14H19NO3S. The van der Waals surface area contributed by atoms with E-state index in [2.05, 4.69) is 13.8 Å². The van der Waals surface area contributed by atoms with Gasteiger partial charge >= 0.3 is 5.97 Å². The van der Waals surface area contributed by atoms with Crippen LogP contribution in [0.5, 0.6) is 0 Å². The molecule has 0 aliphatic carbocycles. The lowest BCUT2D eigenvalue weighted by molar-refractivity contribution is -0.131. The molecule has 1 unspecified atom stereocenters. The van der Waals surface area contributed by atoms with Crippen molar-refractivity contribution in [1.29, 1.82) is 0 Å². The third-order valence-corrected chi connectivity index (χ3v) is 4.16. The van der Waals surface area contributed by atoms with Gasteiger partial charge in [0.1, 0.15) is 0 Å². The van der Waals surface area contributed by atoms with E-state index >= 15 is 0 Å². The molecule has 0 radical (unpaired) electrons. The number of rotatable bonds is 5. The fourth-order valence-electron chi connectivity index (χ4n) is 1.52. The topological polar surface area (TPSA) is 57.6 Å². The minimum atomic E-state index is -0.994. The summed E-state index contributed by atoms with van der Waals surface area (Å²) >= 11 is 1.30. The fourth-order valence-corrected chi connectivity index (χ4v) is 2.41. The maximum absolute atomic E-state index is 12.2. The molecule has 1 amide bonds. The summed E-state index contributed by atoms with van der Waals surface area (Å²) in [5.74, 6) is -0.631. The van der Waals surface area contributed by atoms with Crippen LogP contribution in [0.2, 0.25) is 0 Å². The zero-order chi connectivity index (χ0) is 14.6. The second-order valence-electron chi connectivity index (χ2n) is 4.77. The molecule has 5 heteroatoms. The Morgan fingerprint density at radius 3 is 2.47 bits per heavy atom. The molecule has 1 aromatic rings. The average molecular weight is 281 g/mol. The highest BCUT2D eigenvalue weighted by atomic mass is 32.1. The Morgan fingerprint density at radius 1 is 1.32 bits per heavy atom. The predicted molar refractivity (Wildman–Crippen MR) is 77.4 cm³/mol. The van der Waals surface area contributed by atoms with Gasteiger partial charge in [-0.1, -0.05) is 13.8 Å². The number of carbonyl (C=O) groups excluding carboxylic acids is 1. The van der Waals surface area contributed by atoms with Crippen LogP contribution in [-0.4, -0.2) is 35.0 Å². The molecule has 1 atom stereocenters. The van der Waals surface area contributed by atoms with Crippen molar-refractivity contribution in [3.05, 3.63) is 28.0 Å². The van der Waals surface area contributed by atoms with E-state index in [-0.39, 0.29) is 11.9 Å². The maximum atomic E-state index is 12.2. The van der Waals surface area contributed by atoms with E-state index in [0.717, 1.165) is 11.0 Å². The Labute approximate surface area is 117 Å². The van der Waals surface area contributed by atoms with Gasteiger partial charge in [0.15, 0.2) is 0 Å². The number of carboxylic acids is 1. The molecule has 1 heterocycles. The lowest BCUT2D eigenvalue weighted by Crippen LogP contribution is -2.37. The van der Waals surface area contributed by atoms with Gasteiger partial charge in [-0.15, -0.1) is 11.3 Å². The van der Waals surface area contributed by atoms with E-state index < -0.39 is 5.97 Å². The van der Waals surface area contributed by atoms with Crippen LogP contribution >= 0.6 is 11.3 Å². The molecule has 0 saturated heterocycles. The van der Waals surface area contributed by atoms with Crippen molar-refractivity contribution in [1.82, 2.24) is 4.90 Å². The third kappa shape index (κ3) is 4.21. The molecule has 0 saturated carbocycles. The van der Waals surface area contributed by atoms with Crippen molar-refractivity contribution >= 4 is 29.3 Å². The van der Waals surface area contributed by atoms with E-state index in [0.29, 0.717) is 10.8 Å². The van der Waals surface area contributed by atoms with Crippen molar-refractivity contribution in [3.8, 4) is 0 Å². The molecule has 1 N–H and O–H groups in total. The molecule has 0 bridgehead atoms. The number of carbonyl (C=O) groups is 2. The van der Waals surface area contributed by atoms with Crippen LogP contribution in [-0.2, 0) is 4.79 Å². The quantitative estimate of drug-likeness (QED) is 0.844. The highest BCUT2D eigenvalue weighted by Crippen LogP contribution is 2.21. The Balaban J connectivity index is 2.81.